The van der Waals surface area contributed by atoms with Crippen LogP contribution in [-0.4, -0.2) is 48.6 Å². The number of carboxylic acids is 1. The molecule has 0 aliphatic carbocycles. The van der Waals surface area contributed by atoms with Crippen LogP contribution in [0.2, 0.25) is 0 Å². The first-order valence-electron chi connectivity index (χ1n) is 11.7. The first kappa shape index (κ1) is 30.0. The van der Waals surface area contributed by atoms with Gasteiger partial charge in [-0.25, -0.2) is 8.78 Å². The number of hydrogen-bond acceptors (Lipinski definition) is 7. The molecule has 0 fully saturated rings. The Morgan fingerprint density at radius 1 is 0.923 bits per heavy atom. The predicted octanol–water partition coefficient (Wildman–Crippen LogP) is -0.153. The molecule has 0 aliphatic rings. The number of rotatable bonds is 10. The molecule has 0 saturated heterocycles. The molecule has 4 rings (SSSR count). The normalized spacial score (nSPS) is 12.5. The molecular formula is C28H23F2N4NaO4. The Bertz CT molecular complexity index is 1400. The van der Waals surface area contributed by atoms with Gasteiger partial charge in [0, 0.05) is 29.9 Å². The Morgan fingerprint density at radius 3 is 2.03 bits per heavy atom. The van der Waals surface area contributed by atoms with Crippen molar-refractivity contribution in [2.24, 2.45) is 0 Å². The number of carbonyl (C=O) groups excluding carboxylic acids is 1. The molecule has 0 saturated carbocycles. The van der Waals surface area contributed by atoms with E-state index in [1.807, 2.05) is 30.3 Å². The third-order valence-electron chi connectivity index (χ3n) is 5.64. The minimum atomic E-state index is -1.44. The van der Waals surface area contributed by atoms with E-state index in [2.05, 4.69) is 15.5 Å². The number of tetrazole rings is 1. The van der Waals surface area contributed by atoms with Crippen LogP contribution in [0.1, 0.15) is 24.0 Å². The molecule has 11 heteroatoms. The number of aliphatic carboxylic acids is 1. The van der Waals surface area contributed by atoms with Gasteiger partial charge in [0.1, 0.15) is 11.6 Å². The van der Waals surface area contributed by atoms with Crippen LogP contribution in [0, 0.1) is 11.6 Å². The zero-order valence-corrected chi connectivity index (χ0v) is 23.0. The number of carboxylic acid groups (broad SMARTS) is 1. The zero-order chi connectivity index (χ0) is 27.1. The van der Waals surface area contributed by atoms with Crippen LogP contribution >= 0.6 is 0 Å². The van der Waals surface area contributed by atoms with Gasteiger partial charge in [-0.15, -0.1) is 5.10 Å². The molecule has 3 aromatic carbocycles. The monoisotopic (exact) mass is 540 g/mol. The number of aliphatic hydroxyl groups is 2. The second kappa shape index (κ2) is 14.0. The molecule has 194 valence electrons. The number of carbonyl (C=O) groups is 1. The summed E-state index contributed by atoms with van der Waals surface area (Å²) in [5.74, 6) is -1.98. The minimum absolute atomic E-state index is 0. The molecule has 2 unspecified atom stereocenters. The van der Waals surface area contributed by atoms with Gasteiger partial charge >= 0.3 is 29.6 Å². The van der Waals surface area contributed by atoms with Gasteiger partial charge in [-0.05, 0) is 51.9 Å². The van der Waals surface area contributed by atoms with E-state index in [1.165, 1.54) is 41.1 Å². The maximum absolute atomic E-state index is 13.8. The topological polar surface area (TPSA) is 124 Å². The maximum Gasteiger partial charge on any atom is 1.00 e. The van der Waals surface area contributed by atoms with Gasteiger partial charge in [0.15, 0.2) is 5.82 Å². The van der Waals surface area contributed by atoms with Crippen LogP contribution in [0.15, 0.2) is 91.0 Å². The summed E-state index contributed by atoms with van der Waals surface area (Å²) in [6.07, 6.45) is -0.581. The molecule has 8 nitrogen and oxygen atoms in total. The quantitative estimate of drug-likeness (QED) is 0.212. The number of hydrogen-bond donors (Lipinski definition) is 2. The van der Waals surface area contributed by atoms with Gasteiger partial charge in [-0.1, -0.05) is 60.7 Å². The van der Waals surface area contributed by atoms with Crippen molar-refractivity contribution in [3.8, 4) is 11.4 Å². The summed E-state index contributed by atoms with van der Waals surface area (Å²) in [6.45, 7) is 0. The van der Waals surface area contributed by atoms with Gasteiger partial charge in [-0.3, -0.25) is 0 Å². The molecule has 0 bridgehead atoms. The molecule has 1 aromatic heterocycles. The van der Waals surface area contributed by atoms with Crippen molar-refractivity contribution in [1.29, 1.82) is 0 Å². The van der Waals surface area contributed by atoms with Crippen molar-refractivity contribution in [2.75, 3.05) is 0 Å². The minimum Gasteiger partial charge on any atom is -0.550 e. The summed E-state index contributed by atoms with van der Waals surface area (Å²) in [7, 11) is 0. The molecule has 39 heavy (non-hydrogen) atoms. The van der Waals surface area contributed by atoms with E-state index in [4.69, 9.17) is 0 Å². The molecule has 0 radical (unpaired) electrons. The number of benzene rings is 3. The molecule has 0 amide bonds. The smallest absolute Gasteiger partial charge is 0.550 e. The standard InChI is InChI=1S/C28H24F2N4O4.Na/c29-21-10-6-18(7-11-21)27(19-8-12-22(30)13-9-19)25(15-14-23(35)16-24(36)17-26(37)38)34-28(31-32-33-34)20-4-2-1-3-5-20;/h1-15,23-24,35-36H,16-17H2,(H,37,38);/q;+1/p-1/b15-14+;. The van der Waals surface area contributed by atoms with E-state index >= 15 is 0 Å². The van der Waals surface area contributed by atoms with Crippen LogP contribution < -0.4 is 34.7 Å². The summed E-state index contributed by atoms with van der Waals surface area (Å²) < 4.78 is 29.1. The number of allylic oxidation sites excluding steroid dienone is 2. The Balaban J connectivity index is 0.00000420. The molecule has 0 spiro atoms. The number of halogens is 2. The van der Waals surface area contributed by atoms with Crippen molar-refractivity contribution in [2.45, 2.75) is 25.0 Å². The second-order valence-corrected chi connectivity index (χ2v) is 8.45. The van der Waals surface area contributed by atoms with Gasteiger partial charge in [0.25, 0.3) is 0 Å². The molecule has 4 aromatic rings. The van der Waals surface area contributed by atoms with Crippen LogP contribution in [0.3, 0.4) is 0 Å². The van der Waals surface area contributed by atoms with E-state index in [9.17, 15) is 28.9 Å². The van der Waals surface area contributed by atoms with Gasteiger partial charge in [0.05, 0.1) is 17.9 Å². The molecule has 2 atom stereocenters. The first-order valence-corrected chi connectivity index (χ1v) is 11.7. The van der Waals surface area contributed by atoms with E-state index in [1.54, 1.807) is 24.3 Å². The Morgan fingerprint density at radius 2 is 1.49 bits per heavy atom. The van der Waals surface area contributed by atoms with Crippen molar-refractivity contribution in [3.63, 3.8) is 0 Å². The van der Waals surface area contributed by atoms with Crippen molar-refractivity contribution < 1.29 is 58.5 Å². The SMILES string of the molecule is O=C([O-])CC(O)CC(O)/C=C/C(=C(c1ccc(F)cc1)c1ccc(F)cc1)n1nnnc1-c1ccccc1.[Na+]. The van der Waals surface area contributed by atoms with Crippen LogP contribution in [0.5, 0.6) is 0 Å². The largest absolute Gasteiger partial charge is 1.00 e. The van der Waals surface area contributed by atoms with Crippen molar-refractivity contribution >= 4 is 17.2 Å². The summed E-state index contributed by atoms with van der Waals surface area (Å²) >= 11 is 0. The maximum atomic E-state index is 13.8. The molecular weight excluding hydrogens is 517 g/mol. The van der Waals surface area contributed by atoms with Gasteiger partial charge < -0.3 is 20.1 Å². The van der Waals surface area contributed by atoms with E-state index in [0.29, 0.717) is 33.8 Å². The third-order valence-corrected chi connectivity index (χ3v) is 5.64. The Kier molecular flexibility index (Phi) is 10.8. The molecule has 1 heterocycles. The average molecular weight is 541 g/mol. The summed E-state index contributed by atoms with van der Waals surface area (Å²) in [5.41, 5.74) is 2.64. The third kappa shape index (κ3) is 7.98. The van der Waals surface area contributed by atoms with Crippen LogP contribution in [0.25, 0.3) is 22.7 Å². The zero-order valence-electron chi connectivity index (χ0n) is 21.0. The fourth-order valence-corrected chi connectivity index (χ4v) is 3.91. The van der Waals surface area contributed by atoms with E-state index in [-0.39, 0.29) is 36.0 Å². The average Bonchev–Trinajstić information content (AvgIpc) is 3.38. The van der Waals surface area contributed by atoms with E-state index < -0.39 is 36.2 Å². The van der Waals surface area contributed by atoms with Gasteiger partial charge in [0.2, 0.25) is 0 Å². The number of nitrogens with zero attached hydrogens (tertiary/aromatic N) is 4. The number of aromatic nitrogens is 4. The Labute approximate surface area is 245 Å². The van der Waals surface area contributed by atoms with Crippen molar-refractivity contribution in [1.82, 2.24) is 20.2 Å². The summed E-state index contributed by atoms with van der Waals surface area (Å²) in [4.78, 5) is 10.8. The number of aliphatic hydroxyl groups excluding tert-OH is 2. The van der Waals surface area contributed by atoms with Crippen LogP contribution in [0.4, 0.5) is 8.78 Å². The van der Waals surface area contributed by atoms with E-state index in [0.717, 1.165) is 0 Å². The Hall–Kier alpha value is -3.54. The van der Waals surface area contributed by atoms with Crippen molar-refractivity contribution in [3.05, 3.63) is 114 Å². The van der Waals surface area contributed by atoms with Crippen LogP contribution in [-0.2, 0) is 4.79 Å². The fourth-order valence-electron chi connectivity index (χ4n) is 3.91. The summed E-state index contributed by atoms with van der Waals surface area (Å²) in [6, 6.07) is 20.4. The molecule has 2 N–H and O–H groups in total. The molecule has 0 aliphatic heterocycles. The van der Waals surface area contributed by atoms with Gasteiger partial charge in [-0.2, -0.15) is 4.68 Å². The second-order valence-electron chi connectivity index (χ2n) is 8.45. The summed E-state index contributed by atoms with van der Waals surface area (Å²) in [5, 5.41) is 43.3. The first-order chi connectivity index (χ1) is 18.3. The fraction of sp³-hybridized carbons (Fsp3) is 0.143. The predicted molar refractivity (Wildman–Crippen MR) is 134 cm³/mol.